The number of rotatable bonds is 9. The van der Waals surface area contributed by atoms with Crippen molar-refractivity contribution in [2.45, 2.75) is 13.0 Å². The van der Waals surface area contributed by atoms with E-state index in [1.165, 1.54) is 53.4 Å². The van der Waals surface area contributed by atoms with Crippen LogP contribution in [0.5, 0.6) is 0 Å². The van der Waals surface area contributed by atoms with Crippen LogP contribution < -0.4 is 11.1 Å². The van der Waals surface area contributed by atoms with Crippen molar-refractivity contribution in [1.29, 1.82) is 0 Å². The molecule has 0 spiro atoms. The van der Waals surface area contributed by atoms with E-state index in [4.69, 9.17) is 17.3 Å². The van der Waals surface area contributed by atoms with E-state index in [-0.39, 0.29) is 29.3 Å². The highest BCUT2D eigenvalue weighted by molar-refractivity contribution is 6.31. The van der Waals surface area contributed by atoms with Gasteiger partial charge in [-0.05, 0) is 67.1 Å². The Labute approximate surface area is 200 Å². The molecule has 0 radical (unpaired) electrons. The normalized spacial score (nSPS) is 10.6. The van der Waals surface area contributed by atoms with Crippen molar-refractivity contribution in [2.75, 3.05) is 18.4 Å². The molecule has 0 aliphatic rings. The summed E-state index contributed by atoms with van der Waals surface area (Å²) in [4.78, 5) is 37.3. The maximum Gasteiger partial charge on any atom is 0.269 e. The summed E-state index contributed by atoms with van der Waals surface area (Å²) in [5, 5.41) is 13.9. The van der Waals surface area contributed by atoms with Crippen LogP contribution in [-0.4, -0.2) is 34.7 Å². The molecule has 0 aromatic heterocycles. The zero-order chi connectivity index (χ0) is 24.7. The third-order valence-corrected chi connectivity index (χ3v) is 5.36. The van der Waals surface area contributed by atoms with E-state index in [0.29, 0.717) is 35.8 Å². The zero-order valence-corrected chi connectivity index (χ0v) is 18.8. The zero-order valence-electron chi connectivity index (χ0n) is 18.0. The number of carbonyl (C=O) groups is 2. The standard InChI is InChI=1S/C24H22ClFN4O4/c25-22-10-7-20(28-23(31)16-5-8-21(9-6-16)30(33)34)14-18(22)15-29(12-2-11-27)24(32)17-3-1-4-19(26)13-17/h1,3-10,13-14H,2,11-12,15,27H2,(H,28,31). The van der Waals surface area contributed by atoms with E-state index in [2.05, 4.69) is 5.32 Å². The van der Waals surface area contributed by atoms with Crippen molar-refractivity contribution in [3.8, 4) is 0 Å². The van der Waals surface area contributed by atoms with Crippen LogP contribution in [0, 0.1) is 15.9 Å². The smallest absolute Gasteiger partial charge is 0.269 e. The van der Waals surface area contributed by atoms with E-state index in [9.17, 15) is 24.1 Å². The first-order valence-electron chi connectivity index (χ1n) is 10.4. The Bertz CT molecular complexity index is 1200. The van der Waals surface area contributed by atoms with E-state index < -0.39 is 16.6 Å². The number of hydrogen-bond donors (Lipinski definition) is 2. The van der Waals surface area contributed by atoms with Gasteiger partial charge in [0.05, 0.1) is 4.92 Å². The van der Waals surface area contributed by atoms with Gasteiger partial charge in [0, 0.05) is 47.1 Å². The fourth-order valence-electron chi connectivity index (χ4n) is 3.26. The predicted octanol–water partition coefficient (Wildman–Crippen LogP) is 4.63. The molecule has 0 unspecified atom stereocenters. The second kappa shape index (κ2) is 11.4. The minimum atomic E-state index is -0.547. The fraction of sp³-hybridized carbons (Fsp3) is 0.167. The third-order valence-electron chi connectivity index (χ3n) is 5.00. The molecule has 3 aromatic rings. The molecule has 0 saturated heterocycles. The number of nitro groups is 1. The van der Waals surface area contributed by atoms with E-state index in [1.807, 2.05) is 0 Å². The van der Waals surface area contributed by atoms with Gasteiger partial charge in [-0.25, -0.2) is 4.39 Å². The van der Waals surface area contributed by atoms with Gasteiger partial charge in [-0.15, -0.1) is 0 Å². The van der Waals surface area contributed by atoms with Crippen LogP contribution in [-0.2, 0) is 6.54 Å². The molecule has 34 heavy (non-hydrogen) atoms. The Morgan fingerprint density at radius 2 is 1.79 bits per heavy atom. The average Bonchev–Trinajstić information content (AvgIpc) is 2.83. The number of hydrogen-bond acceptors (Lipinski definition) is 5. The Morgan fingerprint density at radius 3 is 2.44 bits per heavy atom. The summed E-state index contributed by atoms with van der Waals surface area (Å²) in [6, 6.07) is 15.5. The minimum Gasteiger partial charge on any atom is -0.334 e. The van der Waals surface area contributed by atoms with Crippen molar-refractivity contribution in [2.24, 2.45) is 5.73 Å². The number of nitrogens with one attached hydrogen (secondary N) is 1. The molecule has 0 bridgehead atoms. The molecule has 0 heterocycles. The van der Waals surface area contributed by atoms with Gasteiger partial charge in [-0.2, -0.15) is 0 Å². The van der Waals surface area contributed by atoms with Crippen LogP contribution in [0.2, 0.25) is 5.02 Å². The molecular formula is C24H22ClFN4O4. The lowest BCUT2D eigenvalue weighted by Crippen LogP contribution is -2.32. The largest absolute Gasteiger partial charge is 0.334 e. The topological polar surface area (TPSA) is 119 Å². The van der Waals surface area contributed by atoms with Crippen LogP contribution in [0.15, 0.2) is 66.7 Å². The fourth-order valence-corrected chi connectivity index (χ4v) is 3.43. The first-order chi connectivity index (χ1) is 16.3. The minimum absolute atomic E-state index is 0.120. The third kappa shape index (κ3) is 6.37. The molecule has 0 atom stereocenters. The first-order valence-corrected chi connectivity index (χ1v) is 10.8. The summed E-state index contributed by atoms with van der Waals surface area (Å²) in [6.07, 6.45) is 0.537. The van der Waals surface area contributed by atoms with Crippen molar-refractivity contribution in [1.82, 2.24) is 4.90 Å². The van der Waals surface area contributed by atoms with Gasteiger partial charge in [0.15, 0.2) is 0 Å². The van der Waals surface area contributed by atoms with Crippen LogP contribution >= 0.6 is 11.6 Å². The number of nitro benzene ring substituents is 1. The van der Waals surface area contributed by atoms with Crippen LogP contribution in [0.4, 0.5) is 15.8 Å². The summed E-state index contributed by atoms with van der Waals surface area (Å²) < 4.78 is 13.6. The van der Waals surface area contributed by atoms with Gasteiger partial charge in [0.1, 0.15) is 5.82 Å². The quantitative estimate of drug-likeness (QED) is 0.339. The molecule has 0 aliphatic heterocycles. The van der Waals surface area contributed by atoms with Crippen LogP contribution in [0.25, 0.3) is 0 Å². The van der Waals surface area contributed by atoms with Crippen molar-refractivity contribution in [3.05, 3.63) is 104 Å². The maximum atomic E-state index is 13.6. The SMILES string of the molecule is NCCCN(Cc1cc(NC(=O)c2ccc([N+](=O)[O-])cc2)ccc1Cl)C(=O)c1cccc(F)c1. The van der Waals surface area contributed by atoms with E-state index >= 15 is 0 Å². The van der Waals surface area contributed by atoms with Crippen molar-refractivity contribution in [3.63, 3.8) is 0 Å². The van der Waals surface area contributed by atoms with Gasteiger partial charge >= 0.3 is 0 Å². The molecule has 176 valence electrons. The maximum absolute atomic E-state index is 13.6. The number of nitrogens with two attached hydrogens (primary N) is 1. The lowest BCUT2D eigenvalue weighted by atomic mass is 10.1. The molecule has 0 saturated carbocycles. The average molecular weight is 485 g/mol. The van der Waals surface area contributed by atoms with E-state index in [1.54, 1.807) is 18.2 Å². The lowest BCUT2D eigenvalue weighted by molar-refractivity contribution is -0.384. The van der Waals surface area contributed by atoms with Gasteiger partial charge in [-0.3, -0.25) is 19.7 Å². The molecule has 2 amide bonds. The number of carbonyl (C=O) groups excluding carboxylic acids is 2. The summed E-state index contributed by atoms with van der Waals surface area (Å²) >= 11 is 6.35. The number of anilines is 1. The molecule has 3 N–H and O–H groups in total. The first kappa shape index (κ1) is 24.8. The number of benzene rings is 3. The van der Waals surface area contributed by atoms with Crippen molar-refractivity contribution < 1.29 is 18.9 Å². The molecule has 10 heteroatoms. The molecule has 3 aromatic carbocycles. The Kier molecular flexibility index (Phi) is 8.29. The van der Waals surface area contributed by atoms with Gasteiger partial charge in [0.25, 0.3) is 17.5 Å². The van der Waals surface area contributed by atoms with Gasteiger partial charge < -0.3 is 16.0 Å². The van der Waals surface area contributed by atoms with Crippen LogP contribution in [0.3, 0.4) is 0 Å². The predicted molar refractivity (Wildman–Crippen MR) is 127 cm³/mol. The Balaban J connectivity index is 1.79. The highest BCUT2D eigenvalue weighted by atomic mass is 35.5. The second-order valence-electron chi connectivity index (χ2n) is 7.44. The number of nitrogens with zero attached hydrogens (tertiary/aromatic N) is 2. The molecule has 0 aliphatic carbocycles. The number of non-ortho nitro benzene ring substituents is 1. The molecule has 3 rings (SSSR count). The van der Waals surface area contributed by atoms with E-state index in [0.717, 1.165) is 0 Å². The highest BCUT2D eigenvalue weighted by Gasteiger charge is 2.18. The molecular weight excluding hydrogens is 463 g/mol. The lowest BCUT2D eigenvalue weighted by Gasteiger charge is -2.24. The number of halogens is 2. The Hall–Kier alpha value is -3.82. The summed E-state index contributed by atoms with van der Waals surface area (Å²) in [5.41, 5.74) is 6.95. The van der Waals surface area contributed by atoms with Gasteiger partial charge in [-0.1, -0.05) is 17.7 Å². The summed E-state index contributed by atoms with van der Waals surface area (Å²) in [5.74, 6) is -1.35. The van der Waals surface area contributed by atoms with Crippen LogP contribution in [0.1, 0.15) is 32.7 Å². The molecule has 8 nitrogen and oxygen atoms in total. The summed E-state index contributed by atoms with van der Waals surface area (Å²) in [7, 11) is 0. The second-order valence-corrected chi connectivity index (χ2v) is 7.85. The number of amides is 2. The van der Waals surface area contributed by atoms with Crippen molar-refractivity contribution >= 4 is 34.8 Å². The molecule has 0 fully saturated rings. The Morgan fingerprint density at radius 1 is 1.06 bits per heavy atom. The monoisotopic (exact) mass is 484 g/mol. The highest BCUT2D eigenvalue weighted by Crippen LogP contribution is 2.24. The van der Waals surface area contributed by atoms with Gasteiger partial charge in [0.2, 0.25) is 0 Å². The summed E-state index contributed by atoms with van der Waals surface area (Å²) in [6.45, 7) is 0.822.